The fourth-order valence-corrected chi connectivity index (χ4v) is 2.70. The number of nitrogens with one attached hydrogen (secondary N) is 1. The molecule has 0 aliphatic rings. The van der Waals surface area contributed by atoms with Gasteiger partial charge in [0.1, 0.15) is 22.2 Å². The molecule has 9 heteroatoms. The number of hydrogen-bond acceptors (Lipinski definition) is 4. The molecule has 0 saturated carbocycles. The Hall–Kier alpha value is -0.740. The van der Waals surface area contributed by atoms with Gasteiger partial charge in [0, 0.05) is 31.4 Å². The zero-order valence-corrected chi connectivity index (χ0v) is 18.8. The molecule has 0 spiro atoms. The van der Waals surface area contributed by atoms with Crippen LogP contribution in [0.4, 0.5) is 0 Å². The molecule has 144 valence electrons. The SMILES string of the molecule is CCNC(=NCCCS(C)(=O)=O)N(C)CCOc1ccc(Cl)cc1.I. The van der Waals surface area contributed by atoms with E-state index in [-0.39, 0.29) is 29.7 Å². The summed E-state index contributed by atoms with van der Waals surface area (Å²) >= 11 is 5.84. The third-order valence-corrected chi connectivity index (χ3v) is 4.42. The Morgan fingerprint density at radius 1 is 1.32 bits per heavy atom. The zero-order valence-electron chi connectivity index (χ0n) is 14.9. The van der Waals surface area contributed by atoms with Crippen molar-refractivity contribution in [2.24, 2.45) is 4.99 Å². The lowest BCUT2D eigenvalue weighted by Crippen LogP contribution is -2.41. The van der Waals surface area contributed by atoms with E-state index in [1.54, 1.807) is 12.1 Å². The van der Waals surface area contributed by atoms with Crippen LogP contribution in [0.15, 0.2) is 29.3 Å². The van der Waals surface area contributed by atoms with Crippen LogP contribution in [-0.2, 0) is 9.84 Å². The van der Waals surface area contributed by atoms with E-state index in [2.05, 4.69) is 10.3 Å². The predicted octanol–water partition coefficient (Wildman–Crippen LogP) is 2.67. The van der Waals surface area contributed by atoms with Gasteiger partial charge in [-0.05, 0) is 37.6 Å². The van der Waals surface area contributed by atoms with Crippen LogP contribution in [-0.4, -0.2) is 64.6 Å². The van der Waals surface area contributed by atoms with E-state index in [9.17, 15) is 8.42 Å². The number of hydrogen-bond donors (Lipinski definition) is 1. The summed E-state index contributed by atoms with van der Waals surface area (Å²) in [4.78, 5) is 6.41. The van der Waals surface area contributed by atoms with Crippen molar-refractivity contribution in [2.75, 3.05) is 45.3 Å². The molecule has 0 bridgehead atoms. The van der Waals surface area contributed by atoms with Crippen LogP contribution in [0.1, 0.15) is 13.3 Å². The summed E-state index contributed by atoms with van der Waals surface area (Å²) in [6.45, 7) is 4.36. The van der Waals surface area contributed by atoms with Gasteiger partial charge in [-0.25, -0.2) is 8.42 Å². The average molecular weight is 504 g/mol. The minimum Gasteiger partial charge on any atom is -0.492 e. The van der Waals surface area contributed by atoms with E-state index >= 15 is 0 Å². The van der Waals surface area contributed by atoms with Crippen molar-refractivity contribution in [2.45, 2.75) is 13.3 Å². The third kappa shape index (κ3) is 11.5. The van der Waals surface area contributed by atoms with Crippen molar-refractivity contribution >= 4 is 51.4 Å². The molecule has 0 aromatic heterocycles. The Morgan fingerprint density at radius 3 is 2.52 bits per heavy atom. The third-order valence-electron chi connectivity index (χ3n) is 3.14. The number of likely N-dealkylation sites (N-methyl/N-ethyl adjacent to an activating group) is 1. The molecule has 1 rings (SSSR count). The molecule has 0 atom stereocenters. The first kappa shape index (κ1) is 24.3. The Balaban J connectivity index is 0.00000576. The molecule has 1 aromatic rings. The molecule has 0 aliphatic heterocycles. The highest BCUT2D eigenvalue weighted by Gasteiger charge is 2.06. The molecular weight excluding hydrogens is 477 g/mol. The van der Waals surface area contributed by atoms with Crippen molar-refractivity contribution in [3.8, 4) is 5.75 Å². The number of guanidine groups is 1. The Labute approximate surface area is 172 Å². The monoisotopic (exact) mass is 503 g/mol. The summed E-state index contributed by atoms with van der Waals surface area (Å²) in [5.41, 5.74) is 0. The van der Waals surface area contributed by atoms with Crippen LogP contribution in [0.5, 0.6) is 5.75 Å². The van der Waals surface area contributed by atoms with Crippen molar-refractivity contribution in [1.82, 2.24) is 10.2 Å². The summed E-state index contributed by atoms with van der Waals surface area (Å²) in [6, 6.07) is 7.22. The molecule has 0 heterocycles. The van der Waals surface area contributed by atoms with Crippen molar-refractivity contribution in [3.63, 3.8) is 0 Å². The second kappa shape index (κ2) is 12.6. The first-order valence-electron chi connectivity index (χ1n) is 7.87. The number of rotatable bonds is 9. The topological polar surface area (TPSA) is 71.0 Å². The lowest BCUT2D eigenvalue weighted by molar-refractivity contribution is 0.281. The highest BCUT2D eigenvalue weighted by molar-refractivity contribution is 14.0. The Bertz CT molecular complexity index is 624. The fourth-order valence-electron chi connectivity index (χ4n) is 1.92. The minimum atomic E-state index is -2.94. The maximum atomic E-state index is 11.1. The van der Waals surface area contributed by atoms with Crippen molar-refractivity contribution in [3.05, 3.63) is 29.3 Å². The van der Waals surface area contributed by atoms with Crippen LogP contribution in [0.2, 0.25) is 5.02 Å². The maximum Gasteiger partial charge on any atom is 0.193 e. The van der Waals surface area contributed by atoms with Gasteiger partial charge in [0.25, 0.3) is 0 Å². The van der Waals surface area contributed by atoms with Crippen LogP contribution < -0.4 is 10.1 Å². The Kier molecular flexibility index (Phi) is 12.2. The van der Waals surface area contributed by atoms with E-state index < -0.39 is 9.84 Å². The van der Waals surface area contributed by atoms with Gasteiger partial charge < -0.3 is 15.0 Å². The van der Waals surface area contributed by atoms with E-state index in [0.29, 0.717) is 31.1 Å². The van der Waals surface area contributed by atoms with E-state index in [1.165, 1.54) is 6.26 Å². The smallest absolute Gasteiger partial charge is 0.193 e. The van der Waals surface area contributed by atoms with Gasteiger partial charge >= 0.3 is 0 Å². The van der Waals surface area contributed by atoms with Gasteiger partial charge in [-0.2, -0.15) is 0 Å². The van der Waals surface area contributed by atoms with E-state index in [0.717, 1.165) is 18.3 Å². The van der Waals surface area contributed by atoms with Gasteiger partial charge in [0.15, 0.2) is 5.96 Å². The maximum absolute atomic E-state index is 11.1. The van der Waals surface area contributed by atoms with Crippen LogP contribution in [0.3, 0.4) is 0 Å². The summed E-state index contributed by atoms with van der Waals surface area (Å²) < 4.78 is 27.9. The molecule has 25 heavy (non-hydrogen) atoms. The van der Waals surface area contributed by atoms with E-state index in [1.807, 2.05) is 31.0 Å². The normalized spacial score (nSPS) is 11.6. The molecule has 0 saturated heterocycles. The number of benzene rings is 1. The summed E-state index contributed by atoms with van der Waals surface area (Å²) in [6.07, 6.45) is 1.75. The first-order valence-corrected chi connectivity index (χ1v) is 10.3. The summed E-state index contributed by atoms with van der Waals surface area (Å²) in [5.74, 6) is 1.66. The highest BCUT2D eigenvalue weighted by Crippen LogP contribution is 2.15. The van der Waals surface area contributed by atoms with Gasteiger partial charge in [0.05, 0.1) is 12.3 Å². The Morgan fingerprint density at radius 2 is 1.96 bits per heavy atom. The lowest BCUT2D eigenvalue weighted by Gasteiger charge is -2.22. The first-order chi connectivity index (χ1) is 11.3. The molecule has 0 amide bonds. The molecule has 0 unspecified atom stereocenters. The number of aliphatic imine (C=N–C) groups is 1. The van der Waals surface area contributed by atoms with Gasteiger partial charge in [-0.3, -0.25) is 4.99 Å². The molecule has 6 nitrogen and oxygen atoms in total. The summed E-state index contributed by atoms with van der Waals surface area (Å²) in [5, 5.41) is 3.87. The van der Waals surface area contributed by atoms with Gasteiger partial charge in [-0.1, -0.05) is 11.6 Å². The standard InChI is InChI=1S/C16H26ClN3O3S.HI/c1-4-18-16(19-10-5-13-24(3,21)22)20(2)11-12-23-15-8-6-14(17)7-9-15;/h6-9H,4-5,10-13H2,1-3H3,(H,18,19);1H. The molecular formula is C16H27ClIN3O3S. The highest BCUT2D eigenvalue weighted by atomic mass is 127. The molecule has 1 aromatic carbocycles. The second-order valence-corrected chi connectivity index (χ2v) is 8.14. The van der Waals surface area contributed by atoms with Crippen LogP contribution in [0, 0.1) is 0 Å². The molecule has 1 N–H and O–H groups in total. The minimum absolute atomic E-state index is 0. The van der Waals surface area contributed by atoms with Crippen LogP contribution >= 0.6 is 35.6 Å². The molecule has 0 aliphatic carbocycles. The molecule has 0 fully saturated rings. The number of halogens is 2. The van der Waals surface area contributed by atoms with Crippen LogP contribution in [0.25, 0.3) is 0 Å². The fraction of sp³-hybridized carbons (Fsp3) is 0.562. The van der Waals surface area contributed by atoms with Crippen molar-refractivity contribution in [1.29, 1.82) is 0 Å². The molecule has 0 radical (unpaired) electrons. The quantitative estimate of drug-likeness (QED) is 0.243. The summed E-state index contributed by atoms with van der Waals surface area (Å²) in [7, 11) is -1.02. The lowest BCUT2D eigenvalue weighted by atomic mass is 10.3. The van der Waals surface area contributed by atoms with Gasteiger partial charge in [0.2, 0.25) is 0 Å². The number of ether oxygens (including phenoxy) is 1. The number of nitrogens with zero attached hydrogens (tertiary/aromatic N) is 2. The number of sulfone groups is 1. The van der Waals surface area contributed by atoms with Gasteiger partial charge in [-0.15, -0.1) is 24.0 Å². The van der Waals surface area contributed by atoms with E-state index in [4.69, 9.17) is 16.3 Å². The average Bonchev–Trinajstić information content (AvgIpc) is 2.51. The van der Waals surface area contributed by atoms with Crippen molar-refractivity contribution < 1.29 is 13.2 Å². The zero-order chi connectivity index (χ0) is 18.0. The second-order valence-electron chi connectivity index (χ2n) is 5.44. The predicted molar refractivity (Wildman–Crippen MR) is 115 cm³/mol. The largest absolute Gasteiger partial charge is 0.492 e.